The number of carboxylic acid groups (broad SMARTS) is 1. The third kappa shape index (κ3) is 2.48. The zero-order valence-corrected chi connectivity index (χ0v) is 10.2. The maximum Gasteiger partial charge on any atom is 0.339 e. The summed E-state index contributed by atoms with van der Waals surface area (Å²) in [6.45, 7) is 0.595. The highest BCUT2D eigenvalue weighted by molar-refractivity contribution is 5.93. The van der Waals surface area contributed by atoms with Crippen LogP contribution in [0.15, 0.2) is 30.9 Å². The first-order valence-electron chi connectivity index (χ1n) is 5.44. The lowest BCUT2D eigenvalue weighted by molar-refractivity contribution is 0.0697. The molecule has 6 nitrogen and oxygen atoms in total. The summed E-state index contributed by atoms with van der Waals surface area (Å²) >= 11 is 0. The van der Waals surface area contributed by atoms with E-state index in [0.717, 1.165) is 5.56 Å². The Kier molecular flexibility index (Phi) is 3.27. The molecule has 0 aliphatic carbocycles. The maximum atomic E-state index is 11.1. The molecule has 0 atom stereocenters. The summed E-state index contributed by atoms with van der Waals surface area (Å²) in [5.41, 5.74) is 1.86. The fourth-order valence-corrected chi connectivity index (χ4v) is 1.80. The van der Waals surface area contributed by atoms with Gasteiger partial charge in [-0.25, -0.2) is 4.79 Å². The van der Waals surface area contributed by atoms with Crippen molar-refractivity contribution in [1.29, 1.82) is 0 Å². The van der Waals surface area contributed by atoms with Gasteiger partial charge in [-0.3, -0.25) is 9.67 Å². The highest BCUT2D eigenvalue weighted by atomic mass is 16.4. The summed E-state index contributed by atoms with van der Waals surface area (Å²) in [6, 6.07) is 1.69. The Hall–Kier alpha value is -2.37. The number of carboxylic acids is 1. The van der Waals surface area contributed by atoms with Crippen LogP contribution < -0.4 is 4.90 Å². The van der Waals surface area contributed by atoms with Gasteiger partial charge in [0.1, 0.15) is 5.56 Å². The summed E-state index contributed by atoms with van der Waals surface area (Å²) in [6.07, 6.45) is 6.61. The Labute approximate surface area is 104 Å². The first-order valence-corrected chi connectivity index (χ1v) is 5.44. The molecular weight excluding hydrogens is 232 g/mol. The van der Waals surface area contributed by atoms with E-state index < -0.39 is 5.97 Å². The predicted octanol–water partition coefficient (Wildman–Crippen LogP) is 1.15. The van der Waals surface area contributed by atoms with Gasteiger partial charge in [0.15, 0.2) is 0 Å². The van der Waals surface area contributed by atoms with Crippen molar-refractivity contribution in [2.24, 2.45) is 7.05 Å². The smallest absolute Gasteiger partial charge is 0.339 e. The Morgan fingerprint density at radius 2 is 2.28 bits per heavy atom. The molecule has 0 unspecified atom stereocenters. The lowest BCUT2D eigenvalue weighted by atomic mass is 10.2. The molecule has 2 aromatic heterocycles. The zero-order chi connectivity index (χ0) is 13.1. The number of nitrogens with zero attached hydrogens (tertiary/aromatic N) is 4. The van der Waals surface area contributed by atoms with Crippen LogP contribution in [0.5, 0.6) is 0 Å². The molecule has 0 spiro atoms. The quantitative estimate of drug-likeness (QED) is 0.876. The number of aromatic nitrogens is 3. The molecule has 0 aromatic carbocycles. The number of hydrogen-bond acceptors (Lipinski definition) is 4. The normalized spacial score (nSPS) is 10.3. The minimum absolute atomic E-state index is 0.198. The van der Waals surface area contributed by atoms with Crippen molar-refractivity contribution < 1.29 is 9.90 Å². The number of aromatic carboxylic acids is 1. The summed E-state index contributed by atoms with van der Waals surface area (Å²) < 4.78 is 1.72. The van der Waals surface area contributed by atoms with Crippen molar-refractivity contribution in [2.75, 3.05) is 11.9 Å². The minimum atomic E-state index is -0.976. The molecule has 0 saturated carbocycles. The van der Waals surface area contributed by atoms with E-state index in [2.05, 4.69) is 10.1 Å². The molecule has 2 aromatic rings. The van der Waals surface area contributed by atoms with E-state index in [0.29, 0.717) is 12.2 Å². The average molecular weight is 246 g/mol. The number of rotatable bonds is 4. The summed E-state index contributed by atoms with van der Waals surface area (Å²) in [5, 5.41) is 13.2. The van der Waals surface area contributed by atoms with Gasteiger partial charge in [-0.05, 0) is 6.07 Å². The monoisotopic (exact) mass is 246 g/mol. The van der Waals surface area contributed by atoms with E-state index in [4.69, 9.17) is 5.11 Å². The minimum Gasteiger partial charge on any atom is -0.478 e. The molecule has 0 saturated heterocycles. The van der Waals surface area contributed by atoms with Crippen LogP contribution in [0.1, 0.15) is 15.9 Å². The molecule has 0 aliphatic heterocycles. The second-order valence-corrected chi connectivity index (χ2v) is 4.08. The Morgan fingerprint density at radius 3 is 2.89 bits per heavy atom. The molecular formula is C12H14N4O2. The second-order valence-electron chi connectivity index (χ2n) is 4.08. The van der Waals surface area contributed by atoms with Crippen molar-refractivity contribution in [3.63, 3.8) is 0 Å². The molecule has 0 bridgehead atoms. The maximum absolute atomic E-state index is 11.1. The first kappa shape index (κ1) is 12.1. The molecule has 0 aliphatic rings. The van der Waals surface area contributed by atoms with Crippen LogP contribution in [0.3, 0.4) is 0 Å². The lowest BCUT2D eigenvalue weighted by Gasteiger charge is -2.19. The molecule has 94 valence electrons. The second kappa shape index (κ2) is 4.87. The predicted molar refractivity (Wildman–Crippen MR) is 66.5 cm³/mol. The van der Waals surface area contributed by atoms with Crippen LogP contribution in [-0.4, -0.2) is 32.9 Å². The van der Waals surface area contributed by atoms with Crippen LogP contribution in [0.4, 0.5) is 5.69 Å². The highest BCUT2D eigenvalue weighted by Crippen LogP contribution is 2.19. The fraction of sp³-hybridized carbons (Fsp3) is 0.250. The molecule has 18 heavy (non-hydrogen) atoms. The first-order chi connectivity index (χ1) is 8.58. The van der Waals surface area contributed by atoms with Crippen LogP contribution in [0, 0.1) is 0 Å². The van der Waals surface area contributed by atoms with Crippen LogP contribution in [0.25, 0.3) is 0 Å². The van der Waals surface area contributed by atoms with Crippen molar-refractivity contribution in [1.82, 2.24) is 14.8 Å². The molecule has 2 rings (SSSR count). The van der Waals surface area contributed by atoms with Gasteiger partial charge < -0.3 is 10.0 Å². The number of hydrogen-bond donors (Lipinski definition) is 1. The van der Waals surface area contributed by atoms with Crippen molar-refractivity contribution in [3.05, 3.63) is 42.0 Å². The molecule has 1 N–H and O–H groups in total. The standard InChI is InChI=1S/C12H14N4O2/c1-15(7-9-5-14-16(2)8-9)11-3-4-13-6-10(11)12(17)18/h3-6,8H,7H2,1-2H3,(H,17,18). The van der Waals surface area contributed by atoms with Gasteiger partial charge in [0.05, 0.1) is 11.9 Å². The molecule has 6 heteroatoms. The van der Waals surface area contributed by atoms with E-state index >= 15 is 0 Å². The summed E-state index contributed by atoms with van der Waals surface area (Å²) in [7, 11) is 3.69. The highest BCUT2D eigenvalue weighted by Gasteiger charge is 2.13. The van der Waals surface area contributed by atoms with Gasteiger partial charge in [-0.2, -0.15) is 5.10 Å². The lowest BCUT2D eigenvalue weighted by Crippen LogP contribution is -2.19. The van der Waals surface area contributed by atoms with E-state index in [1.54, 1.807) is 23.1 Å². The third-order valence-electron chi connectivity index (χ3n) is 2.62. The van der Waals surface area contributed by atoms with E-state index in [-0.39, 0.29) is 5.56 Å². The van der Waals surface area contributed by atoms with Gasteiger partial charge in [0, 0.05) is 44.8 Å². The van der Waals surface area contributed by atoms with E-state index in [1.165, 1.54) is 6.20 Å². The van der Waals surface area contributed by atoms with Gasteiger partial charge in [-0.15, -0.1) is 0 Å². The topological polar surface area (TPSA) is 71.2 Å². The molecule has 0 amide bonds. The fourth-order valence-electron chi connectivity index (χ4n) is 1.80. The van der Waals surface area contributed by atoms with Crippen LogP contribution >= 0.6 is 0 Å². The number of pyridine rings is 1. The van der Waals surface area contributed by atoms with Crippen molar-refractivity contribution in [2.45, 2.75) is 6.54 Å². The Bertz CT molecular complexity index is 565. The average Bonchev–Trinajstić information content (AvgIpc) is 2.74. The molecule has 0 fully saturated rings. The SMILES string of the molecule is CN(Cc1cnn(C)c1)c1ccncc1C(=O)O. The number of aryl methyl sites for hydroxylation is 1. The number of anilines is 1. The third-order valence-corrected chi connectivity index (χ3v) is 2.62. The zero-order valence-electron chi connectivity index (χ0n) is 10.2. The van der Waals surface area contributed by atoms with E-state index in [9.17, 15) is 4.79 Å². The van der Waals surface area contributed by atoms with Gasteiger partial charge in [0.25, 0.3) is 0 Å². The Balaban J connectivity index is 2.23. The molecule has 0 radical (unpaired) electrons. The largest absolute Gasteiger partial charge is 0.478 e. The number of carbonyl (C=O) groups is 1. The van der Waals surface area contributed by atoms with Crippen molar-refractivity contribution in [3.8, 4) is 0 Å². The van der Waals surface area contributed by atoms with E-state index in [1.807, 2.05) is 25.2 Å². The van der Waals surface area contributed by atoms with Crippen LogP contribution in [0.2, 0.25) is 0 Å². The van der Waals surface area contributed by atoms with Gasteiger partial charge in [0.2, 0.25) is 0 Å². The Morgan fingerprint density at radius 1 is 1.50 bits per heavy atom. The summed E-state index contributed by atoms with van der Waals surface area (Å²) in [5.74, 6) is -0.976. The molecule has 2 heterocycles. The van der Waals surface area contributed by atoms with Gasteiger partial charge >= 0.3 is 5.97 Å². The van der Waals surface area contributed by atoms with Crippen molar-refractivity contribution >= 4 is 11.7 Å². The summed E-state index contributed by atoms with van der Waals surface area (Å²) in [4.78, 5) is 16.8. The van der Waals surface area contributed by atoms with Gasteiger partial charge in [-0.1, -0.05) is 0 Å². The van der Waals surface area contributed by atoms with Crippen LogP contribution in [-0.2, 0) is 13.6 Å².